The molecule has 4 rings (SSSR count). The summed E-state index contributed by atoms with van der Waals surface area (Å²) in [5, 5.41) is 14.9. The molecule has 1 heterocycles. The molecule has 134 valence electrons. The fraction of sp³-hybridized carbons (Fsp3) is 0.0909. The highest BCUT2D eigenvalue weighted by Crippen LogP contribution is 2.34. The molecule has 0 aliphatic carbocycles. The fourth-order valence-electron chi connectivity index (χ4n) is 3.03. The van der Waals surface area contributed by atoms with Gasteiger partial charge in [0.05, 0.1) is 12.8 Å². The number of benzene rings is 3. The number of anilines is 2. The molecule has 5 heteroatoms. The molecule has 0 radical (unpaired) electrons. The number of aryl methyl sites for hydroxylation is 1. The Balaban J connectivity index is 1.83. The molecule has 27 heavy (non-hydrogen) atoms. The molecule has 0 aliphatic rings. The SMILES string of the molecule is COc1ccc(Cl)cc1Nc1nnc(-c2ccc(C)cc2)c2ccccc12. The van der Waals surface area contributed by atoms with Crippen LogP contribution in [0.15, 0.2) is 66.7 Å². The lowest BCUT2D eigenvalue weighted by Crippen LogP contribution is -2.00. The molecule has 0 saturated carbocycles. The van der Waals surface area contributed by atoms with Gasteiger partial charge in [0.2, 0.25) is 0 Å². The van der Waals surface area contributed by atoms with Gasteiger partial charge in [-0.3, -0.25) is 0 Å². The number of halogens is 1. The van der Waals surface area contributed by atoms with E-state index in [0.717, 1.165) is 27.7 Å². The van der Waals surface area contributed by atoms with E-state index in [1.54, 1.807) is 13.2 Å². The van der Waals surface area contributed by atoms with Crippen LogP contribution in [0.1, 0.15) is 5.56 Å². The van der Waals surface area contributed by atoms with Crippen LogP contribution in [0.5, 0.6) is 5.75 Å². The van der Waals surface area contributed by atoms with Crippen LogP contribution >= 0.6 is 11.6 Å². The molecule has 0 fully saturated rings. The number of aromatic nitrogens is 2. The fourth-order valence-corrected chi connectivity index (χ4v) is 3.20. The van der Waals surface area contributed by atoms with Crippen LogP contribution in [0.4, 0.5) is 11.5 Å². The van der Waals surface area contributed by atoms with Crippen molar-refractivity contribution in [3.63, 3.8) is 0 Å². The first-order valence-electron chi connectivity index (χ1n) is 8.59. The predicted octanol–water partition coefficient (Wildman–Crippen LogP) is 6.01. The zero-order valence-electron chi connectivity index (χ0n) is 15.0. The van der Waals surface area contributed by atoms with Crippen LogP contribution in [0.3, 0.4) is 0 Å². The molecule has 4 aromatic rings. The minimum Gasteiger partial charge on any atom is -0.495 e. The van der Waals surface area contributed by atoms with Crippen LogP contribution in [-0.2, 0) is 0 Å². The molecular weight excluding hydrogens is 358 g/mol. The van der Waals surface area contributed by atoms with E-state index in [9.17, 15) is 0 Å². The number of ether oxygens (including phenoxy) is 1. The van der Waals surface area contributed by atoms with E-state index in [0.29, 0.717) is 16.6 Å². The van der Waals surface area contributed by atoms with Crippen LogP contribution in [0.25, 0.3) is 22.0 Å². The van der Waals surface area contributed by atoms with Crippen LogP contribution < -0.4 is 10.1 Å². The second kappa shape index (κ2) is 7.25. The van der Waals surface area contributed by atoms with Gasteiger partial charge < -0.3 is 10.1 Å². The van der Waals surface area contributed by atoms with E-state index in [-0.39, 0.29) is 0 Å². The molecular formula is C22H18ClN3O. The molecule has 0 unspecified atom stereocenters. The number of nitrogens with zero attached hydrogens (tertiary/aromatic N) is 2. The first-order valence-corrected chi connectivity index (χ1v) is 8.96. The summed E-state index contributed by atoms with van der Waals surface area (Å²) in [6.07, 6.45) is 0. The number of nitrogens with one attached hydrogen (secondary N) is 1. The molecule has 0 bridgehead atoms. The molecule has 0 spiro atoms. The number of methoxy groups -OCH3 is 1. The third-order valence-electron chi connectivity index (χ3n) is 4.43. The van der Waals surface area contributed by atoms with E-state index in [2.05, 4.69) is 52.8 Å². The molecule has 0 aliphatic heterocycles. The van der Waals surface area contributed by atoms with Gasteiger partial charge in [-0.15, -0.1) is 10.2 Å². The lowest BCUT2D eigenvalue weighted by molar-refractivity contribution is 0.417. The molecule has 0 amide bonds. The summed E-state index contributed by atoms with van der Waals surface area (Å²) in [6, 6.07) is 21.8. The Labute approximate surface area is 162 Å². The molecule has 1 aromatic heterocycles. The number of rotatable bonds is 4. The third kappa shape index (κ3) is 3.44. The van der Waals surface area contributed by atoms with Crippen LogP contribution in [-0.4, -0.2) is 17.3 Å². The van der Waals surface area contributed by atoms with E-state index >= 15 is 0 Å². The molecule has 0 saturated heterocycles. The van der Waals surface area contributed by atoms with E-state index in [1.165, 1.54) is 5.56 Å². The maximum atomic E-state index is 6.14. The van der Waals surface area contributed by atoms with Crippen molar-refractivity contribution >= 4 is 33.9 Å². The summed E-state index contributed by atoms with van der Waals surface area (Å²) in [7, 11) is 1.62. The topological polar surface area (TPSA) is 47.0 Å². The highest BCUT2D eigenvalue weighted by Gasteiger charge is 2.13. The lowest BCUT2D eigenvalue weighted by atomic mass is 10.0. The Morgan fingerprint density at radius 1 is 0.889 bits per heavy atom. The smallest absolute Gasteiger partial charge is 0.161 e. The van der Waals surface area contributed by atoms with Gasteiger partial charge >= 0.3 is 0 Å². The Morgan fingerprint density at radius 2 is 1.63 bits per heavy atom. The average Bonchev–Trinajstić information content (AvgIpc) is 2.69. The van der Waals surface area contributed by atoms with Crippen molar-refractivity contribution in [3.8, 4) is 17.0 Å². The maximum Gasteiger partial charge on any atom is 0.161 e. The molecule has 3 aromatic carbocycles. The Morgan fingerprint density at radius 3 is 2.37 bits per heavy atom. The van der Waals surface area contributed by atoms with E-state index < -0.39 is 0 Å². The number of fused-ring (bicyclic) bond motifs is 1. The highest BCUT2D eigenvalue weighted by atomic mass is 35.5. The Hall–Kier alpha value is -3.11. The van der Waals surface area contributed by atoms with Crippen molar-refractivity contribution in [2.45, 2.75) is 6.92 Å². The summed E-state index contributed by atoms with van der Waals surface area (Å²) in [5.74, 6) is 1.34. The Kier molecular flexibility index (Phi) is 4.65. The lowest BCUT2D eigenvalue weighted by Gasteiger charge is -2.14. The Bertz CT molecular complexity index is 1110. The normalized spacial score (nSPS) is 10.8. The van der Waals surface area contributed by atoms with Crippen molar-refractivity contribution in [1.29, 1.82) is 0 Å². The van der Waals surface area contributed by atoms with Gasteiger partial charge in [0.15, 0.2) is 5.82 Å². The minimum absolute atomic E-state index is 0.617. The third-order valence-corrected chi connectivity index (χ3v) is 4.66. The second-order valence-electron chi connectivity index (χ2n) is 6.28. The van der Waals surface area contributed by atoms with Crippen molar-refractivity contribution in [2.24, 2.45) is 0 Å². The quantitative estimate of drug-likeness (QED) is 0.474. The molecule has 1 N–H and O–H groups in total. The maximum absolute atomic E-state index is 6.14. The monoisotopic (exact) mass is 375 g/mol. The summed E-state index contributed by atoms with van der Waals surface area (Å²) in [4.78, 5) is 0. The largest absolute Gasteiger partial charge is 0.495 e. The zero-order valence-corrected chi connectivity index (χ0v) is 15.8. The average molecular weight is 376 g/mol. The summed E-state index contributed by atoms with van der Waals surface area (Å²) >= 11 is 6.14. The second-order valence-corrected chi connectivity index (χ2v) is 6.71. The first-order chi connectivity index (χ1) is 13.2. The standard InChI is InChI=1S/C22H18ClN3O/c1-14-7-9-15(10-8-14)21-17-5-3-4-6-18(17)22(26-25-21)24-19-13-16(23)11-12-20(19)27-2/h3-13H,1-2H3,(H,24,26). The van der Waals surface area contributed by atoms with Crippen molar-refractivity contribution < 1.29 is 4.74 Å². The van der Waals surface area contributed by atoms with Gasteiger partial charge in [-0.05, 0) is 25.1 Å². The van der Waals surface area contributed by atoms with Crippen LogP contribution in [0.2, 0.25) is 5.02 Å². The van der Waals surface area contributed by atoms with E-state index in [1.807, 2.05) is 30.3 Å². The van der Waals surface area contributed by atoms with Crippen molar-refractivity contribution in [1.82, 2.24) is 10.2 Å². The minimum atomic E-state index is 0.617. The summed E-state index contributed by atoms with van der Waals surface area (Å²) in [6.45, 7) is 2.07. The number of hydrogen-bond donors (Lipinski definition) is 1. The van der Waals surface area contributed by atoms with Gasteiger partial charge in [0, 0.05) is 21.4 Å². The van der Waals surface area contributed by atoms with Gasteiger partial charge in [-0.1, -0.05) is 65.7 Å². The van der Waals surface area contributed by atoms with Gasteiger partial charge in [-0.2, -0.15) is 0 Å². The summed E-state index contributed by atoms with van der Waals surface area (Å²) < 4.78 is 5.42. The summed E-state index contributed by atoms with van der Waals surface area (Å²) in [5.41, 5.74) is 3.85. The van der Waals surface area contributed by atoms with Gasteiger partial charge in [0.1, 0.15) is 11.4 Å². The van der Waals surface area contributed by atoms with Crippen LogP contribution in [0, 0.1) is 6.92 Å². The van der Waals surface area contributed by atoms with Gasteiger partial charge in [-0.25, -0.2) is 0 Å². The molecule has 0 atom stereocenters. The number of hydrogen-bond acceptors (Lipinski definition) is 4. The van der Waals surface area contributed by atoms with Crippen molar-refractivity contribution in [2.75, 3.05) is 12.4 Å². The molecule has 4 nitrogen and oxygen atoms in total. The van der Waals surface area contributed by atoms with Gasteiger partial charge in [0.25, 0.3) is 0 Å². The van der Waals surface area contributed by atoms with Crippen molar-refractivity contribution in [3.05, 3.63) is 77.3 Å². The zero-order chi connectivity index (χ0) is 18.8. The predicted molar refractivity (Wildman–Crippen MR) is 111 cm³/mol. The van der Waals surface area contributed by atoms with E-state index in [4.69, 9.17) is 16.3 Å². The first kappa shape index (κ1) is 17.3. The highest BCUT2D eigenvalue weighted by molar-refractivity contribution is 6.31.